The van der Waals surface area contributed by atoms with Crippen molar-refractivity contribution in [1.29, 1.82) is 0 Å². The van der Waals surface area contributed by atoms with Crippen LogP contribution in [-0.4, -0.2) is 5.78 Å². The van der Waals surface area contributed by atoms with Crippen LogP contribution in [0.5, 0.6) is 0 Å². The van der Waals surface area contributed by atoms with Gasteiger partial charge in [-0.1, -0.05) is 11.6 Å². The Morgan fingerprint density at radius 2 is 2.27 bits per heavy atom. The molecule has 0 radical (unpaired) electrons. The SMILES string of the molecule is C/C=C1\CC2CCC(=O)C2C1. The lowest BCUT2D eigenvalue weighted by Gasteiger charge is -2.02. The third kappa shape index (κ3) is 1.03. The number of Topliss-reactive ketones (excluding diaryl/α,β-unsaturated/α-hetero) is 1. The Kier molecular flexibility index (Phi) is 1.59. The molecule has 2 saturated carbocycles. The van der Waals surface area contributed by atoms with Gasteiger partial charge in [0.15, 0.2) is 0 Å². The summed E-state index contributed by atoms with van der Waals surface area (Å²) < 4.78 is 0. The van der Waals surface area contributed by atoms with E-state index in [1.54, 1.807) is 0 Å². The van der Waals surface area contributed by atoms with E-state index in [2.05, 4.69) is 13.0 Å². The summed E-state index contributed by atoms with van der Waals surface area (Å²) in [5.41, 5.74) is 1.51. The first-order valence-corrected chi connectivity index (χ1v) is 4.48. The molecule has 1 heteroatoms. The van der Waals surface area contributed by atoms with Crippen molar-refractivity contribution in [3.63, 3.8) is 0 Å². The molecule has 2 atom stereocenters. The van der Waals surface area contributed by atoms with Gasteiger partial charge in [-0.15, -0.1) is 0 Å². The Hall–Kier alpha value is -0.590. The van der Waals surface area contributed by atoms with Gasteiger partial charge >= 0.3 is 0 Å². The van der Waals surface area contributed by atoms with Crippen molar-refractivity contribution in [2.24, 2.45) is 11.8 Å². The van der Waals surface area contributed by atoms with Crippen molar-refractivity contribution in [2.45, 2.75) is 32.6 Å². The second-order valence-electron chi connectivity index (χ2n) is 3.73. The molecule has 2 unspecified atom stereocenters. The minimum Gasteiger partial charge on any atom is -0.299 e. The molecule has 0 amide bonds. The van der Waals surface area contributed by atoms with Gasteiger partial charge in [0.25, 0.3) is 0 Å². The predicted octanol–water partition coefficient (Wildman–Crippen LogP) is 2.32. The second kappa shape index (κ2) is 2.47. The van der Waals surface area contributed by atoms with Gasteiger partial charge in [0, 0.05) is 12.3 Å². The molecule has 0 spiro atoms. The smallest absolute Gasteiger partial charge is 0.136 e. The number of rotatable bonds is 0. The highest BCUT2D eigenvalue weighted by molar-refractivity contribution is 5.84. The molecule has 0 aliphatic heterocycles. The molecule has 1 nitrogen and oxygen atoms in total. The first kappa shape index (κ1) is 7.08. The van der Waals surface area contributed by atoms with Crippen LogP contribution in [0.15, 0.2) is 11.6 Å². The van der Waals surface area contributed by atoms with Crippen LogP contribution < -0.4 is 0 Å². The van der Waals surface area contributed by atoms with E-state index < -0.39 is 0 Å². The summed E-state index contributed by atoms with van der Waals surface area (Å²) >= 11 is 0. The number of fused-ring (bicyclic) bond motifs is 1. The number of hydrogen-bond donors (Lipinski definition) is 0. The van der Waals surface area contributed by atoms with E-state index >= 15 is 0 Å². The molecule has 0 heterocycles. The molecule has 2 aliphatic rings. The van der Waals surface area contributed by atoms with Crippen molar-refractivity contribution in [3.05, 3.63) is 11.6 Å². The van der Waals surface area contributed by atoms with Crippen LogP contribution in [0.3, 0.4) is 0 Å². The van der Waals surface area contributed by atoms with Gasteiger partial charge < -0.3 is 0 Å². The van der Waals surface area contributed by atoms with E-state index in [4.69, 9.17) is 0 Å². The standard InChI is InChI=1S/C10H14O/c1-2-7-5-8-3-4-10(11)9(8)6-7/h2,8-9H,3-6H2,1H3/b7-2+. The lowest BCUT2D eigenvalue weighted by atomic mass is 10.0. The number of carbonyl (C=O) groups excluding carboxylic acids is 1. The molecular weight excluding hydrogens is 136 g/mol. The molecule has 2 fully saturated rings. The highest BCUT2D eigenvalue weighted by Crippen LogP contribution is 2.44. The average Bonchev–Trinajstić information content (AvgIpc) is 2.53. The van der Waals surface area contributed by atoms with Gasteiger partial charge in [0.05, 0.1) is 0 Å². The molecule has 0 bridgehead atoms. The van der Waals surface area contributed by atoms with Gasteiger partial charge in [0.1, 0.15) is 5.78 Å². The first-order valence-electron chi connectivity index (χ1n) is 4.48. The fourth-order valence-corrected chi connectivity index (χ4v) is 2.44. The van der Waals surface area contributed by atoms with E-state index in [-0.39, 0.29) is 0 Å². The van der Waals surface area contributed by atoms with Crippen molar-refractivity contribution < 1.29 is 4.79 Å². The number of allylic oxidation sites excluding steroid dienone is 2. The summed E-state index contributed by atoms with van der Waals surface area (Å²) in [5.74, 6) is 1.65. The van der Waals surface area contributed by atoms with Crippen LogP contribution in [0, 0.1) is 11.8 Å². The van der Waals surface area contributed by atoms with Crippen LogP contribution in [-0.2, 0) is 4.79 Å². The maximum Gasteiger partial charge on any atom is 0.136 e. The molecule has 11 heavy (non-hydrogen) atoms. The summed E-state index contributed by atoms with van der Waals surface area (Å²) in [6.45, 7) is 2.08. The minimum atomic E-state index is 0.418. The summed E-state index contributed by atoms with van der Waals surface area (Å²) in [6.07, 6.45) is 6.46. The van der Waals surface area contributed by atoms with Gasteiger partial charge in [-0.25, -0.2) is 0 Å². The summed E-state index contributed by atoms with van der Waals surface area (Å²) in [4.78, 5) is 11.3. The van der Waals surface area contributed by atoms with Crippen molar-refractivity contribution >= 4 is 5.78 Å². The first-order chi connectivity index (χ1) is 5.31. The lowest BCUT2D eigenvalue weighted by molar-refractivity contribution is -0.120. The van der Waals surface area contributed by atoms with Gasteiger partial charge in [-0.05, 0) is 32.1 Å². The highest BCUT2D eigenvalue weighted by Gasteiger charge is 2.39. The van der Waals surface area contributed by atoms with E-state index in [1.165, 1.54) is 12.0 Å². The zero-order valence-corrected chi connectivity index (χ0v) is 6.97. The van der Waals surface area contributed by atoms with E-state index in [0.29, 0.717) is 17.6 Å². The zero-order valence-electron chi connectivity index (χ0n) is 6.97. The van der Waals surface area contributed by atoms with Gasteiger partial charge in [-0.3, -0.25) is 4.79 Å². The molecule has 2 aliphatic carbocycles. The fraction of sp³-hybridized carbons (Fsp3) is 0.700. The summed E-state index contributed by atoms with van der Waals surface area (Å²) in [6, 6.07) is 0. The van der Waals surface area contributed by atoms with Crippen LogP contribution in [0.4, 0.5) is 0 Å². The molecule has 2 rings (SSSR count). The molecular formula is C10H14O. The number of carbonyl (C=O) groups is 1. The molecule has 0 saturated heterocycles. The number of ketones is 1. The quantitative estimate of drug-likeness (QED) is 0.484. The van der Waals surface area contributed by atoms with E-state index in [1.807, 2.05) is 0 Å². The molecule has 0 N–H and O–H groups in total. The summed E-state index contributed by atoms with van der Waals surface area (Å²) in [7, 11) is 0. The van der Waals surface area contributed by atoms with Crippen LogP contribution >= 0.6 is 0 Å². The Labute approximate surface area is 67.5 Å². The van der Waals surface area contributed by atoms with Gasteiger partial charge in [-0.2, -0.15) is 0 Å². The largest absolute Gasteiger partial charge is 0.299 e. The van der Waals surface area contributed by atoms with Crippen LogP contribution in [0.1, 0.15) is 32.6 Å². The van der Waals surface area contributed by atoms with E-state index in [0.717, 1.165) is 19.3 Å². The normalized spacial score (nSPS) is 40.1. The molecule has 0 aromatic carbocycles. The lowest BCUT2D eigenvalue weighted by Crippen LogP contribution is -2.06. The van der Waals surface area contributed by atoms with Crippen molar-refractivity contribution in [2.75, 3.05) is 0 Å². The van der Waals surface area contributed by atoms with Crippen molar-refractivity contribution in [1.82, 2.24) is 0 Å². The average molecular weight is 150 g/mol. The Bertz CT molecular complexity index is 215. The Morgan fingerprint density at radius 3 is 2.91 bits per heavy atom. The second-order valence-corrected chi connectivity index (χ2v) is 3.73. The van der Waals surface area contributed by atoms with Crippen LogP contribution in [0.2, 0.25) is 0 Å². The predicted molar refractivity (Wildman–Crippen MR) is 44.2 cm³/mol. The Morgan fingerprint density at radius 1 is 1.45 bits per heavy atom. The van der Waals surface area contributed by atoms with E-state index in [9.17, 15) is 4.79 Å². The summed E-state index contributed by atoms with van der Waals surface area (Å²) in [5, 5.41) is 0. The fourth-order valence-electron chi connectivity index (χ4n) is 2.44. The Balaban J connectivity index is 2.15. The topological polar surface area (TPSA) is 17.1 Å². The highest BCUT2D eigenvalue weighted by atomic mass is 16.1. The van der Waals surface area contributed by atoms with Crippen LogP contribution in [0.25, 0.3) is 0 Å². The molecule has 0 aromatic heterocycles. The molecule has 0 aromatic rings. The minimum absolute atomic E-state index is 0.418. The zero-order chi connectivity index (χ0) is 7.84. The monoisotopic (exact) mass is 150 g/mol. The number of hydrogen-bond acceptors (Lipinski definition) is 1. The van der Waals surface area contributed by atoms with Crippen molar-refractivity contribution in [3.8, 4) is 0 Å². The maximum absolute atomic E-state index is 11.3. The maximum atomic E-state index is 11.3. The third-order valence-electron chi connectivity index (χ3n) is 3.16. The molecule has 60 valence electrons. The third-order valence-corrected chi connectivity index (χ3v) is 3.16. The van der Waals surface area contributed by atoms with Gasteiger partial charge in [0.2, 0.25) is 0 Å².